The normalized spacial score (nSPS) is 11.9. The zero-order valence-corrected chi connectivity index (χ0v) is 19.7. The van der Waals surface area contributed by atoms with Crippen molar-refractivity contribution in [3.8, 4) is 5.75 Å². The third-order valence-electron chi connectivity index (χ3n) is 4.66. The average Bonchev–Trinajstić information content (AvgIpc) is 3.07. The Morgan fingerprint density at radius 3 is 2.44 bits per heavy atom. The van der Waals surface area contributed by atoms with Crippen LogP contribution in [0.4, 0.5) is 18.9 Å². The van der Waals surface area contributed by atoms with Crippen LogP contribution in [0.3, 0.4) is 0 Å². The Bertz CT molecular complexity index is 965. The van der Waals surface area contributed by atoms with Crippen LogP contribution >= 0.6 is 12.2 Å². The maximum Gasteiger partial charge on any atom is 0.420 e. The first-order valence-corrected chi connectivity index (χ1v) is 10.7. The fraction of sp³-hybridized carbons (Fsp3) is 0.500. The molecule has 32 heavy (non-hydrogen) atoms. The van der Waals surface area contributed by atoms with Crippen LogP contribution in [0.5, 0.6) is 5.75 Å². The van der Waals surface area contributed by atoms with Gasteiger partial charge in [-0.05, 0) is 42.9 Å². The number of benzene rings is 1. The zero-order valence-electron chi connectivity index (χ0n) is 18.9. The van der Waals surface area contributed by atoms with Crippen LogP contribution in [0.2, 0.25) is 0 Å². The maximum absolute atomic E-state index is 13.5. The molecule has 0 aliphatic carbocycles. The molecule has 1 amide bonds. The number of aryl methyl sites for hydroxylation is 1. The van der Waals surface area contributed by atoms with Crippen LogP contribution in [0.15, 0.2) is 24.3 Å². The van der Waals surface area contributed by atoms with Crippen molar-refractivity contribution in [1.29, 1.82) is 0 Å². The number of hydrogen-bond acceptors (Lipinski definition) is 4. The summed E-state index contributed by atoms with van der Waals surface area (Å²) in [6, 6.07) is 5.24. The van der Waals surface area contributed by atoms with E-state index in [-0.39, 0.29) is 34.3 Å². The standard InChI is InChI=1S/C22H29F3N4O2S/c1-6-7-8-11-31-17-10-9-14(12-15(17)22(23,24)25)26-20(32)27-19(30)16-13-18(21(2,3)4)28-29(16)5/h9-10,12-13H,6-8,11H2,1-5H3,(H2,26,27,30,32). The Balaban J connectivity index is 2.11. The number of anilines is 1. The molecule has 0 saturated heterocycles. The Hall–Kier alpha value is -2.62. The lowest BCUT2D eigenvalue weighted by Gasteiger charge is -2.16. The van der Waals surface area contributed by atoms with Gasteiger partial charge in [-0.25, -0.2) is 0 Å². The van der Waals surface area contributed by atoms with Gasteiger partial charge in [-0.3, -0.25) is 14.8 Å². The number of rotatable bonds is 7. The molecular weight excluding hydrogens is 441 g/mol. The minimum Gasteiger partial charge on any atom is -0.493 e. The van der Waals surface area contributed by atoms with Gasteiger partial charge in [0.05, 0.1) is 17.9 Å². The fourth-order valence-electron chi connectivity index (χ4n) is 2.87. The van der Waals surface area contributed by atoms with Gasteiger partial charge < -0.3 is 10.1 Å². The number of carbonyl (C=O) groups excluding carboxylic acids is 1. The van der Waals surface area contributed by atoms with Crippen LogP contribution in [-0.2, 0) is 18.6 Å². The van der Waals surface area contributed by atoms with E-state index in [2.05, 4.69) is 15.7 Å². The zero-order chi connectivity index (χ0) is 24.1. The summed E-state index contributed by atoms with van der Waals surface area (Å²) in [5, 5.41) is 9.31. The van der Waals surface area contributed by atoms with E-state index in [0.29, 0.717) is 6.42 Å². The van der Waals surface area contributed by atoms with Crippen molar-refractivity contribution in [2.45, 2.75) is 58.5 Å². The third-order valence-corrected chi connectivity index (χ3v) is 4.86. The first-order chi connectivity index (χ1) is 14.8. The van der Waals surface area contributed by atoms with Crippen molar-refractivity contribution in [3.05, 3.63) is 41.2 Å². The summed E-state index contributed by atoms with van der Waals surface area (Å²) >= 11 is 5.12. The van der Waals surface area contributed by atoms with E-state index in [0.717, 1.165) is 24.6 Å². The number of carbonyl (C=O) groups is 1. The smallest absolute Gasteiger partial charge is 0.420 e. The summed E-state index contributed by atoms with van der Waals surface area (Å²) in [4.78, 5) is 12.6. The molecule has 0 aliphatic rings. The molecular formula is C22H29F3N4O2S. The highest BCUT2D eigenvalue weighted by Gasteiger charge is 2.35. The number of amides is 1. The summed E-state index contributed by atoms with van der Waals surface area (Å²) < 4.78 is 47.3. The predicted molar refractivity (Wildman–Crippen MR) is 122 cm³/mol. The first-order valence-electron chi connectivity index (χ1n) is 10.3. The first kappa shape index (κ1) is 25.6. The van der Waals surface area contributed by atoms with Crippen LogP contribution < -0.4 is 15.4 Å². The quantitative estimate of drug-likeness (QED) is 0.417. The fourth-order valence-corrected chi connectivity index (χ4v) is 3.08. The molecule has 1 aromatic heterocycles. The van der Waals surface area contributed by atoms with Gasteiger partial charge in [0.2, 0.25) is 0 Å². The van der Waals surface area contributed by atoms with Crippen molar-refractivity contribution in [2.75, 3.05) is 11.9 Å². The third kappa shape index (κ3) is 6.94. The van der Waals surface area contributed by atoms with Gasteiger partial charge in [0.15, 0.2) is 5.11 Å². The van der Waals surface area contributed by atoms with Crippen molar-refractivity contribution >= 4 is 28.9 Å². The van der Waals surface area contributed by atoms with Crippen LogP contribution in [0.25, 0.3) is 0 Å². The number of thiocarbonyl (C=S) groups is 1. The van der Waals surface area contributed by atoms with Crippen LogP contribution in [0, 0.1) is 0 Å². The molecule has 0 aliphatic heterocycles. The molecule has 0 saturated carbocycles. The van der Waals surface area contributed by atoms with Gasteiger partial charge in [0, 0.05) is 18.2 Å². The van der Waals surface area contributed by atoms with E-state index in [1.807, 2.05) is 27.7 Å². The summed E-state index contributed by atoms with van der Waals surface area (Å²) in [5.74, 6) is -0.751. The summed E-state index contributed by atoms with van der Waals surface area (Å²) in [6.45, 7) is 8.12. The number of hydrogen-bond donors (Lipinski definition) is 2. The van der Waals surface area contributed by atoms with E-state index < -0.39 is 17.6 Å². The molecule has 0 radical (unpaired) electrons. The molecule has 0 bridgehead atoms. The lowest BCUT2D eigenvalue weighted by molar-refractivity contribution is -0.138. The number of aromatic nitrogens is 2. The van der Waals surface area contributed by atoms with E-state index in [4.69, 9.17) is 17.0 Å². The lowest BCUT2D eigenvalue weighted by Crippen LogP contribution is -2.35. The molecule has 6 nitrogen and oxygen atoms in total. The summed E-state index contributed by atoms with van der Waals surface area (Å²) in [5.41, 5.74) is -0.0543. The van der Waals surface area contributed by atoms with Gasteiger partial charge in [-0.1, -0.05) is 40.5 Å². The van der Waals surface area contributed by atoms with Gasteiger partial charge in [-0.2, -0.15) is 18.3 Å². The number of alkyl halides is 3. The monoisotopic (exact) mass is 470 g/mol. The van der Waals surface area contributed by atoms with E-state index in [9.17, 15) is 18.0 Å². The molecule has 1 heterocycles. The number of nitrogens with zero attached hydrogens (tertiary/aromatic N) is 2. The van der Waals surface area contributed by atoms with Crippen molar-refractivity contribution in [3.63, 3.8) is 0 Å². The Morgan fingerprint density at radius 1 is 1.19 bits per heavy atom. The Labute approximate surface area is 191 Å². The summed E-state index contributed by atoms with van der Waals surface area (Å²) in [6.07, 6.45) is -2.10. The highest BCUT2D eigenvalue weighted by atomic mass is 32.1. The van der Waals surface area contributed by atoms with Crippen molar-refractivity contribution < 1.29 is 22.7 Å². The van der Waals surface area contributed by atoms with Crippen molar-refractivity contribution in [1.82, 2.24) is 15.1 Å². The van der Waals surface area contributed by atoms with E-state index in [1.54, 1.807) is 13.1 Å². The Morgan fingerprint density at radius 2 is 1.88 bits per heavy atom. The molecule has 0 atom stereocenters. The number of halogens is 3. The van der Waals surface area contributed by atoms with Crippen LogP contribution in [-0.4, -0.2) is 27.4 Å². The molecule has 0 unspecified atom stereocenters. The molecule has 176 valence electrons. The molecule has 10 heteroatoms. The molecule has 0 spiro atoms. The Kier molecular flexibility index (Phi) is 8.28. The van der Waals surface area contributed by atoms with Crippen LogP contribution in [0.1, 0.15) is 68.7 Å². The van der Waals surface area contributed by atoms with Gasteiger partial charge in [0.1, 0.15) is 11.4 Å². The topological polar surface area (TPSA) is 68.2 Å². The molecule has 2 rings (SSSR count). The lowest BCUT2D eigenvalue weighted by atomic mass is 9.92. The van der Waals surface area contributed by atoms with Gasteiger partial charge in [-0.15, -0.1) is 0 Å². The molecule has 0 fully saturated rings. The second kappa shape index (κ2) is 10.3. The number of ether oxygens (including phenoxy) is 1. The maximum atomic E-state index is 13.5. The van der Waals surface area contributed by atoms with Gasteiger partial charge in [0.25, 0.3) is 5.91 Å². The predicted octanol–water partition coefficient (Wildman–Crippen LogP) is 5.43. The number of unbranched alkanes of at least 4 members (excludes halogenated alkanes) is 2. The molecule has 2 aromatic rings. The molecule has 1 aromatic carbocycles. The largest absolute Gasteiger partial charge is 0.493 e. The summed E-state index contributed by atoms with van der Waals surface area (Å²) in [7, 11) is 1.63. The second-order valence-corrected chi connectivity index (χ2v) is 8.87. The highest BCUT2D eigenvalue weighted by Crippen LogP contribution is 2.38. The highest BCUT2D eigenvalue weighted by molar-refractivity contribution is 7.80. The van der Waals surface area contributed by atoms with E-state index in [1.165, 1.54) is 16.8 Å². The average molecular weight is 471 g/mol. The minimum absolute atomic E-state index is 0.0870. The van der Waals surface area contributed by atoms with Gasteiger partial charge >= 0.3 is 6.18 Å². The minimum atomic E-state index is -4.60. The second-order valence-electron chi connectivity index (χ2n) is 8.46. The van der Waals surface area contributed by atoms with E-state index >= 15 is 0 Å². The van der Waals surface area contributed by atoms with Crippen molar-refractivity contribution in [2.24, 2.45) is 7.05 Å². The number of nitrogens with one attached hydrogen (secondary N) is 2. The SMILES string of the molecule is CCCCCOc1ccc(NC(=S)NC(=O)c2cc(C(C)(C)C)nn2C)cc1C(F)(F)F. The molecule has 2 N–H and O–H groups in total.